The van der Waals surface area contributed by atoms with Gasteiger partial charge in [0.05, 0.1) is 17.9 Å². The van der Waals surface area contributed by atoms with Gasteiger partial charge < -0.3 is 14.5 Å². The van der Waals surface area contributed by atoms with Crippen LogP contribution in [-0.4, -0.2) is 52.2 Å². The summed E-state index contributed by atoms with van der Waals surface area (Å²) in [6.07, 6.45) is 0.875. The van der Waals surface area contributed by atoms with Crippen molar-refractivity contribution >= 4 is 17.2 Å². The Labute approximate surface area is 152 Å². The number of aliphatic hydroxyl groups excluding tert-OH is 1. The minimum atomic E-state index is -0.00285. The van der Waals surface area contributed by atoms with E-state index in [0.29, 0.717) is 13.1 Å². The first kappa shape index (κ1) is 18.1. The topological polar surface area (TPSA) is 69.8 Å². The Morgan fingerprint density at radius 1 is 1.48 bits per heavy atom. The SMILES string of the molecule is CCN(CCO)C(=O)c1csc2c1CCN(Cc1c(C)noc1C)C2. The van der Waals surface area contributed by atoms with Crippen LogP contribution in [0.4, 0.5) is 0 Å². The number of aryl methyl sites for hydroxylation is 2. The second kappa shape index (κ2) is 7.68. The van der Waals surface area contributed by atoms with Crippen LogP contribution in [-0.2, 0) is 19.5 Å². The van der Waals surface area contributed by atoms with Crippen molar-refractivity contribution in [2.75, 3.05) is 26.2 Å². The number of hydrogen-bond donors (Lipinski definition) is 1. The van der Waals surface area contributed by atoms with Crippen LogP contribution >= 0.6 is 11.3 Å². The third-order valence-electron chi connectivity index (χ3n) is 4.86. The van der Waals surface area contributed by atoms with Crippen molar-refractivity contribution in [2.24, 2.45) is 0 Å². The van der Waals surface area contributed by atoms with Gasteiger partial charge >= 0.3 is 0 Å². The molecular formula is C18H25N3O3S. The van der Waals surface area contributed by atoms with E-state index in [1.165, 1.54) is 10.4 Å². The predicted molar refractivity (Wildman–Crippen MR) is 96.8 cm³/mol. The Hall–Kier alpha value is -1.70. The van der Waals surface area contributed by atoms with Crippen LogP contribution in [0, 0.1) is 13.8 Å². The van der Waals surface area contributed by atoms with Crippen LogP contribution in [0.3, 0.4) is 0 Å². The maximum absolute atomic E-state index is 12.7. The number of carbonyl (C=O) groups excluding carboxylic acids is 1. The van der Waals surface area contributed by atoms with Crippen molar-refractivity contribution < 1.29 is 14.4 Å². The summed E-state index contributed by atoms with van der Waals surface area (Å²) in [5.74, 6) is 0.918. The molecule has 3 heterocycles. The molecule has 0 saturated carbocycles. The van der Waals surface area contributed by atoms with Crippen LogP contribution in [0.1, 0.15) is 44.7 Å². The van der Waals surface area contributed by atoms with Gasteiger partial charge in [-0.2, -0.15) is 0 Å². The van der Waals surface area contributed by atoms with Crippen LogP contribution in [0.5, 0.6) is 0 Å². The summed E-state index contributed by atoms with van der Waals surface area (Å²) < 4.78 is 5.26. The van der Waals surface area contributed by atoms with Crippen LogP contribution in [0.15, 0.2) is 9.90 Å². The Kier molecular flexibility index (Phi) is 5.56. The Bertz CT molecular complexity index is 733. The number of amides is 1. The summed E-state index contributed by atoms with van der Waals surface area (Å²) >= 11 is 1.66. The number of nitrogens with zero attached hydrogens (tertiary/aromatic N) is 3. The van der Waals surface area contributed by atoms with Crippen molar-refractivity contribution in [1.29, 1.82) is 0 Å². The summed E-state index contributed by atoms with van der Waals surface area (Å²) in [6.45, 7) is 9.46. The maximum Gasteiger partial charge on any atom is 0.255 e. The monoisotopic (exact) mass is 363 g/mol. The average Bonchev–Trinajstić information content (AvgIpc) is 3.17. The van der Waals surface area contributed by atoms with Crippen molar-refractivity contribution in [1.82, 2.24) is 15.0 Å². The molecule has 0 bridgehead atoms. The lowest BCUT2D eigenvalue weighted by atomic mass is 10.0. The second-order valence-corrected chi connectivity index (χ2v) is 7.39. The molecule has 7 heteroatoms. The number of rotatable bonds is 6. The maximum atomic E-state index is 12.7. The molecule has 25 heavy (non-hydrogen) atoms. The first-order chi connectivity index (χ1) is 12.0. The smallest absolute Gasteiger partial charge is 0.255 e. The van der Waals surface area contributed by atoms with E-state index in [-0.39, 0.29) is 12.5 Å². The van der Waals surface area contributed by atoms with Crippen LogP contribution < -0.4 is 0 Å². The molecule has 0 aromatic carbocycles. The van der Waals surface area contributed by atoms with Crippen LogP contribution in [0.2, 0.25) is 0 Å². The molecule has 0 saturated heterocycles. The minimum Gasteiger partial charge on any atom is -0.395 e. The summed E-state index contributed by atoms with van der Waals surface area (Å²) in [7, 11) is 0. The van der Waals surface area contributed by atoms with Gasteiger partial charge in [-0.1, -0.05) is 5.16 Å². The molecule has 1 amide bonds. The molecule has 0 spiro atoms. The second-order valence-electron chi connectivity index (χ2n) is 6.42. The third kappa shape index (κ3) is 3.63. The lowest BCUT2D eigenvalue weighted by molar-refractivity contribution is 0.0730. The molecule has 2 aromatic heterocycles. The van der Waals surface area contributed by atoms with E-state index in [4.69, 9.17) is 9.63 Å². The van der Waals surface area contributed by atoms with Crippen molar-refractivity contribution in [3.63, 3.8) is 0 Å². The van der Waals surface area contributed by atoms with E-state index in [1.54, 1.807) is 16.2 Å². The van der Waals surface area contributed by atoms with Crippen molar-refractivity contribution in [2.45, 2.75) is 40.3 Å². The summed E-state index contributed by atoms with van der Waals surface area (Å²) in [5.41, 5.74) is 4.11. The van der Waals surface area contributed by atoms with Gasteiger partial charge in [-0.3, -0.25) is 9.69 Å². The van der Waals surface area contributed by atoms with Gasteiger partial charge in [0.15, 0.2) is 0 Å². The molecule has 0 atom stereocenters. The third-order valence-corrected chi connectivity index (χ3v) is 5.87. The molecular weight excluding hydrogens is 338 g/mol. The summed E-state index contributed by atoms with van der Waals surface area (Å²) in [5, 5.41) is 15.2. The largest absolute Gasteiger partial charge is 0.395 e. The molecule has 1 aliphatic heterocycles. The van der Waals surface area contributed by atoms with E-state index in [0.717, 1.165) is 48.6 Å². The fourth-order valence-corrected chi connectivity index (χ4v) is 4.46. The highest BCUT2D eigenvalue weighted by atomic mass is 32.1. The highest BCUT2D eigenvalue weighted by molar-refractivity contribution is 7.10. The zero-order valence-corrected chi connectivity index (χ0v) is 15.9. The molecule has 1 N–H and O–H groups in total. The van der Waals surface area contributed by atoms with Gasteiger partial charge in [0, 0.05) is 48.5 Å². The highest BCUT2D eigenvalue weighted by Gasteiger charge is 2.26. The average molecular weight is 363 g/mol. The predicted octanol–water partition coefficient (Wildman–Crippen LogP) is 2.37. The van der Waals surface area contributed by atoms with E-state index in [1.807, 2.05) is 26.2 Å². The zero-order valence-electron chi connectivity index (χ0n) is 15.0. The van der Waals surface area contributed by atoms with Crippen LogP contribution in [0.25, 0.3) is 0 Å². The zero-order chi connectivity index (χ0) is 18.0. The number of aliphatic hydroxyl groups is 1. The van der Waals surface area contributed by atoms with Gasteiger partial charge in [-0.05, 0) is 32.8 Å². The quantitative estimate of drug-likeness (QED) is 0.853. The lowest BCUT2D eigenvalue weighted by Crippen LogP contribution is -2.35. The number of thiophene rings is 1. The summed E-state index contributed by atoms with van der Waals surface area (Å²) in [4.78, 5) is 18.1. The van der Waals surface area contributed by atoms with Crippen molar-refractivity contribution in [3.8, 4) is 0 Å². The number of fused-ring (bicyclic) bond motifs is 1. The Balaban J connectivity index is 1.73. The molecule has 0 unspecified atom stereocenters. The fraction of sp³-hybridized carbons (Fsp3) is 0.556. The van der Waals surface area contributed by atoms with Crippen molar-refractivity contribution in [3.05, 3.63) is 38.4 Å². The van der Waals surface area contributed by atoms with Gasteiger partial charge in [0.1, 0.15) is 5.76 Å². The van der Waals surface area contributed by atoms with Gasteiger partial charge in [0.2, 0.25) is 0 Å². The minimum absolute atomic E-state index is 0.00285. The molecule has 2 aromatic rings. The lowest BCUT2D eigenvalue weighted by Gasteiger charge is -2.27. The highest BCUT2D eigenvalue weighted by Crippen LogP contribution is 2.30. The standard InChI is InChI=1S/C18H25N3O3S/c1-4-21(7-8-22)18(23)16-11-25-17-10-20(6-5-14(16)17)9-15-12(2)19-24-13(15)3/h11,22H,4-10H2,1-3H3. The van der Waals surface area contributed by atoms with E-state index >= 15 is 0 Å². The first-order valence-corrected chi connectivity index (χ1v) is 9.56. The normalized spacial score (nSPS) is 14.6. The molecule has 0 fully saturated rings. The van der Waals surface area contributed by atoms with E-state index < -0.39 is 0 Å². The number of aromatic nitrogens is 1. The Morgan fingerprint density at radius 2 is 2.28 bits per heavy atom. The molecule has 136 valence electrons. The summed E-state index contributed by atoms with van der Waals surface area (Å²) in [6, 6.07) is 0. The number of likely N-dealkylation sites (N-methyl/N-ethyl adjacent to an activating group) is 1. The molecule has 3 rings (SSSR count). The first-order valence-electron chi connectivity index (χ1n) is 8.68. The molecule has 0 radical (unpaired) electrons. The molecule has 6 nitrogen and oxygen atoms in total. The number of hydrogen-bond acceptors (Lipinski definition) is 6. The van der Waals surface area contributed by atoms with E-state index in [2.05, 4.69) is 10.1 Å². The Morgan fingerprint density at radius 3 is 2.92 bits per heavy atom. The van der Waals surface area contributed by atoms with Gasteiger partial charge in [0.25, 0.3) is 5.91 Å². The number of carbonyl (C=O) groups is 1. The molecule has 1 aliphatic rings. The van der Waals surface area contributed by atoms with Gasteiger partial charge in [-0.25, -0.2) is 0 Å². The fourth-order valence-electron chi connectivity index (χ4n) is 3.34. The van der Waals surface area contributed by atoms with Gasteiger partial charge in [-0.15, -0.1) is 11.3 Å². The van der Waals surface area contributed by atoms with E-state index in [9.17, 15) is 4.79 Å². The molecule has 0 aliphatic carbocycles.